The van der Waals surface area contributed by atoms with Crippen LogP contribution in [0.3, 0.4) is 0 Å². The molecular weight excluding hydrogens is 356 g/mol. The molecule has 1 unspecified atom stereocenters. The fourth-order valence-electron chi connectivity index (χ4n) is 3.32. The summed E-state index contributed by atoms with van der Waals surface area (Å²) in [5, 5.41) is 10.5. The standard InChI is InChI=1S/C22H28N2O4/c1-22(2,3)28-21(25)14-12-17(26-4)20(18(13-14)27-5)19(15-8-6-10-23-15)16-9-7-11-24-16/h6-13,19,21,23-25H,1-5H3. The Hall–Kier alpha value is -2.70. The lowest BCUT2D eigenvalue weighted by Crippen LogP contribution is -2.22. The zero-order valence-corrected chi connectivity index (χ0v) is 16.9. The van der Waals surface area contributed by atoms with Gasteiger partial charge in [0, 0.05) is 29.3 Å². The summed E-state index contributed by atoms with van der Waals surface area (Å²) in [5.74, 6) is 1.07. The Morgan fingerprint density at radius 1 is 0.893 bits per heavy atom. The fraction of sp³-hybridized carbons (Fsp3) is 0.364. The molecule has 6 heteroatoms. The van der Waals surface area contributed by atoms with Crippen LogP contribution in [0.4, 0.5) is 0 Å². The van der Waals surface area contributed by atoms with Crippen molar-refractivity contribution in [3.8, 4) is 11.5 Å². The number of H-pyrrole nitrogens is 2. The Kier molecular flexibility index (Phi) is 5.82. The van der Waals surface area contributed by atoms with E-state index in [0.717, 1.165) is 17.0 Å². The highest BCUT2D eigenvalue weighted by Gasteiger charge is 2.28. The quantitative estimate of drug-likeness (QED) is 0.529. The lowest BCUT2D eigenvalue weighted by atomic mass is 9.90. The van der Waals surface area contributed by atoms with Crippen LogP contribution in [-0.4, -0.2) is 34.9 Å². The van der Waals surface area contributed by atoms with Crippen LogP contribution in [0.25, 0.3) is 0 Å². The van der Waals surface area contributed by atoms with Gasteiger partial charge in [-0.3, -0.25) is 0 Å². The van der Waals surface area contributed by atoms with E-state index >= 15 is 0 Å². The monoisotopic (exact) mass is 384 g/mol. The molecular formula is C22H28N2O4. The van der Waals surface area contributed by atoms with Crippen molar-refractivity contribution in [3.63, 3.8) is 0 Å². The van der Waals surface area contributed by atoms with Crippen LogP contribution >= 0.6 is 0 Å². The van der Waals surface area contributed by atoms with Crippen LogP contribution < -0.4 is 9.47 Å². The molecule has 0 fully saturated rings. The van der Waals surface area contributed by atoms with Gasteiger partial charge < -0.3 is 29.3 Å². The van der Waals surface area contributed by atoms with Crippen LogP contribution in [0.15, 0.2) is 48.8 Å². The van der Waals surface area contributed by atoms with Gasteiger partial charge in [-0.05, 0) is 57.2 Å². The molecule has 2 aromatic heterocycles. The summed E-state index contributed by atoms with van der Waals surface area (Å²) in [4.78, 5) is 6.58. The van der Waals surface area contributed by atoms with E-state index in [1.54, 1.807) is 26.4 Å². The van der Waals surface area contributed by atoms with Crippen molar-refractivity contribution < 1.29 is 19.3 Å². The Morgan fingerprint density at radius 3 is 1.75 bits per heavy atom. The third kappa shape index (κ3) is 4.24. The van der Waals surface area contributed by atoms with Gasteiger partial charge in [-0.15, -0.1) is 0 Å². The summed E-state index contributed by atoms with van der Waals surface area (Å²) in [6, 6.07) is 11.6. The average Bonchev–Trinajstić information content (AvgIpc) is 3.34. The summed E-state index contributed by atoms with van der Waals surface area (Å²) in [5.41, 5.74) is 2.94. The second kappa shape index (κ2) is 8.12. The number of ether oxygens (including phenoxy) is 3. The molecule has 0 radical (unpaired) electrons. The molecule has 1 aromatic carbocycles. The minimum atomic E-state index is -1.09. The van der Waals surface area contributed by atoms with Crippen LogP contribution in [-0.2, 0) is 4.74 Å². The molecule has 3 N–H and O–H groups in total. The first-order chi connectivity index (χ1) is 13.3. The maximum Gasteiger partial charge on any atom is 0.182 e. The maximum atomic E-state index is 10.5. The maximum absolute atomic E-state index is 10.5. The van der Waals surface area contributed by atoms with Crippen LogP contribution in [0.2, 0.25) is 0 Å². The molecule has 2 heterocycles. The van der Waals surface area contributed by atoms with Crippen molar-refractivity contribution in [3.05, 3.63) is 71.3 Å². The Labute approximate surface area is 165 Å². The first-order valence-electron chi connectivity index (χ1n) is 9.22. The topological polar surface area (TPSA) is 79.5 Å². The van der Waals surface area contributed by atoms with Crippen molar-refractivity contribution in [2.45, 2.75) is 38.6 Å². The van der Waals surface area contributed by atoms with Crippen molar-refractivity contribution >= 4 is 0 Å². The molecule has 0 bridgehead atoms. The summed E-state index contributed by atoms with van der Waals surface area (Å²) in [6.45, 7) is 5.68. The first-order valence-corrected chi connectivity index (χ1v) is 9.22. The van der Waals surface area contributed by atoms with E-state index < -0.39 is 11.9 Å². The van der Waals surface area contributed by atoms with E-state index in [-0.39, 0.29) is 5.92 Å². The number of nitrogens with one attached hydrogen (secondary N) is 2. The Bertz CT molecular complexity index is 821. The van der Waals surface area contributed by atoms with Crippen LogP contribution in [0, 0.1) is 0 Å². The highest BCUT2D eigenvalue weighted by molar-refractivity contribution is 5.56. The third-order valence-electron chi connectivity index (χ3n) is 4.47. The van der Waals surface area contributed by atoms with E-state index in [1.165, 1.54) is 0 Å². The van der Waals surface area contributed by atoms with E-state index in [2.05, 4.69) is 9.97 Å². The second-order valence-electron chi connectivity index (χ2n) is 7.61. The van der Waals surface area contributed by atoms with Gasteiger partial charge in [0.25, 0.3) is 0 Å². The lowest BCUT2D eigenvalue weighted by molar-refractivity contribution is -0.169. The van der Waals surface area contributed by atoms with Gasteiger partial charge in [-0.1, -0.05) is 0 Å². The summed E-state index contributed by atoms with van der Waals surface area (Å²) in [7, 11) is 3.22. The number of hydrogen-bond acceptors (Lipinski definition) is 4. The molecule has 1 atom stereocenters. The normalized spacial score (nSPS) is 13.0. The number of benzene rings is 1. The SMILES string of the molecule is COc1cc(C(O)OC(C)(C)C)cc(OC)c1C(c1ccc[nH]1)c1ccc[nH]1. The molecule has 0 saturated carbocycles. The zero-order chi connectivity index (χ0) is 20.3. The summed E-state index contributed by atoms with van der Waals surface area (Å²) < 4.78 is 17.1. The second-order valence-corrected chi connectivity index (χ2v) is 7.61. The predicted octanol–water partition coefficient (Wildman–Crippen LogP) is 4.35. The summed E-state index contributed by atoms with van der Waals surface area (Å²) in [6.07, 6.45) is 2.69. The molecule has 0 saturated heterocycles. The van der Waals surface area contributed by atoms with Crippen LogP contribution in [0.5, 0.6) is 11.5 Å². The van der Waals surface area contributed by atoms with Crippen molar-refractivity contribution in [1.82, 2.24) is 9.97 Å². The van der Waals surface area contributed by atoms with Crippen molar-refractivity contribution in [2.75, 3.05) is 14.2 Å². The molecule has 3 rings (SSSR count). The van der Waals surface area contributed by atoms with E-state index in [1.807, 2.05) is 57.4 Å². The van der Waals surface area contributed by atoms with Crippen molar-refractivity contribution in [1.29, 1.82) is 0 Å². The highest BCUT2D eigenvalue weighted by atomic mass is 16.6. The molecule has 0 aliphatic heterocycles. The predicted molar refractivity (Wildman–Crippen MR) is 108 cm³/mol. The number of aliphatic hydroxyl groups excluding tert-OH is 1. The van der Waals surface area contributed by atoms with Gasteiger partial charge in [-0.25, -0.2) is 0 Å². The number of aromatic amines is 2. The Balaban J connectivity index is 2.14. The molecule has 0 spiro atoms. The van der Waals surface area contributed by atoms with Gasteiger partial charge >= 0.3 is 0 Å². The largest absolute Gasteiger partial charge is 0.496 e. The highest BCUT2D eigenvalue weighted by Crippen LogP contribution is 2.43. The third-order valence-corrected chi connectivity index (χ3v) is 4.47. The molecule has 0 amide bonds. The van der Waals surface area contributed by atoms with Crippen LogP contribution in [0.1, 0.15) is 55.5 Å². The van der Waals surface area contributed by atoms with Gasteiger partial charge in [0.05, 0.1) is 31.3 Å². The number of methoxy groups -OCH3 is 2. The number of rotatable bonds is 7. The molecule has 150 valence electrons. The van der Waals surface area contributed by atoms with E-state index in [9.17, 15) is 5.11 Å². The minimum Gasteiger partial charge on any atom is -0.496 e. The lowest BCUT2D eigenvalue weighted by Gasteiger charge is -2.26. The molecule has 3 aromatic rings. The smallest absolute Gasteiger partial charge is 0.182 e. The number of hydrogen-bond donors (Lipinski definition) is 3. The molecule has 0 aliphatic rings. The van der Waals surface area contributed by atoms with Gasteiger partial charge in [-0.2, -0.15) is 0 Å². The Morgan fingerprint density at radius 2 is 1.39 bits per heavy atom. The first kappa shape index (κ1) is 20.0. The minimum absolute atomic E-state index is 0.148. The summed E-state index contributed by atoms with van der Waals surface area (Å²) >= 11 is 0. The average molecular weight is 384 g/mol. The van der Waals surface area contributed by atoms with E-state index in [4.69, 9.17) is 14.2 Å². The fourth-order valence-corrected chi connectivity index (χ4v) is 3.32. The molecule has 6 nitrogen and oxygen atoms in total. The van der Waals surface area contributed by atoms with Gasteiger partial charge in [0.2, 0.25) is 0 Å². The zero-order valence-electron chi connectivity index (χ0n) is 16.9. The van der Waals surface area contributed by atoms with Crippen molar-refractivity contribution in [2.24, 2.45) is 0 Å². The number of aromatic nitrogens is 2. The molecule has 28 heavy (non-hydrogen) atoms. The number of aliphatic hydroxyl groups is 1. The van der Waals surface area contributed by atoms with Gasteiger partial charge in [0.1, 0.15) is 11.5 Å². The van der Waals surface area contributed by atoms with E-state index in [0.29, 0.717) is 17.1 Å². The molecule has 0 aliphatic carbocycles. The van der Waals surface area contributed by atoms with Gasteiger partial charge in [0.15, 0.2) is 6.29 Å².